The van der Waals surface area contributed by atoms with E-state index in [1.54, 1.807) is 37.4 Å². The Labute approximate surface area is 220 Å². The van der Waals surface area contributed by atoms with Gasteiger partial charge in [0.15, 0.2) is 6.61 Å². The lowest BCUT2D eigenvalue weighted by atomic mass is 10.0. The summed E-state index contributed by atoms with van der Waals surface area (Å²) in [6.07, 6.45) is 0.313. The molecule has 1 atom stereocenters. The van der Waals surface area contributed by atoms with E-state index in [0.29, 0.717) is 32.8 Å². The molecule has 1 N–H and O–H groups in total. The maximum Gasteiger partial charge on any atom is 0.261 e. The topological polar surface area (TPSA) is 58.6 Å². The van der Waals surface area contributed by atoms with Gasteiger partial charge in [0.25, 0.3) is 5.91 Å². The van der Waals surface area contributed by atoms with Gasteiger partial charge in [0.2, 0.25) is 5.91 Å². The maximum atomic E-state index is 13.5. The fourth-order valence-electron chi connectivity index (χ4n) is 3.79. The average Bonchev–Trinajstić information content (AvgIpc) is 2.84. The van der Waals surface area contributed by atoms with Crippen LogP contribution < -0.4 is 10.1 Å². The lowest BCUT2D eigenvalue weighted by Gasteiger charge is -2.31. The summed E-state index contributed by atoms with van der Waals surface area (Å²) in [5.74, 6) is -0.160. The van der Waals surface area contributed by atoms with E-state index in [0.717, 1.165) is 16.7 Å². The molecular weight excluding hydrogens is 507 g/mol. The van der Waals surface area contributed by atoms with E-state index in [-0.39, 0.29) is 25.0 Å². The van der Waals surface area contributed by atoms with Crippen LogP contribution in [-0.2, 0) is 22.6 Å². The van der Waals surface area contributed by atoms with Crippen LogP contribution >= 0.6 is 34.8 Å². The van der Waals surface area contributed by atoms with Gasteiger partial charge in [-0.1, -0.05) is 71.2 Å². The van der Waals surface area contributed by atoms with Crippen LogP contribution in [-0.4, -0.2) is 36.4 Å². The van der Waals surface area contributed by atoms with Crippen molar-refractivity contribution in [2.75, 3.05) is 13.7 Å². The van der Waals surface area contributed by atoms with E-state index >= 15 is 0 Å². The van der Waals surface area contributed by atoms with Crippen LogP contribution in [0.15, 0.2) is 60.7 Å². The molecule has 0 spiro atoms. The molecule has 0 aliphatic rings. The Bertz CT molecular complexity index is 1160. The molecule has 3 rings (SSSR count). The lowest BCUT2D eigenvalue weighted by Crippen LogP contribution is -2.51. The summed E-state index contributed by atoms with van der Waals surface area (Å²) in [6, 6.07) is 17.4. The van der Waals surface area contributed by atoms with Crippen molar-refractivity contribution in [1.82, 2.24) is 10.2 Å². The number of halogens is 3. The summed E-state index contributed by atoms with van der Waals surface area (Å²) >= 11 is 19.1. The first-order valence-electron chi connectivity index (χ1n) is 11.1. The average molecular weight is 534 g/mol. The minimum absolute atomic E-state index is 0.0459. The molecule has 0 unspecified atom stereocenters. The molecule has 5 nitrogen and oxygen atoms in total. The molecule has 8 heteroatoms. The smallest absolute Gasteiger partial charge is 0.261 e. The van der Waals surface area contributed by atoms with Crippen molar-refractivity contribution in [3.05, 3.63) is 98.0 Å². The number of amides is 2. The molecule has 0 heterocycles. The standard InChI is InChI=1S/C27H27Cl3N2O3/c1-17-12-20(13-18(2)26(17)30)35-16-25(33)32(15-21-22(28)10-7-11-23(21)29)24(27(34)31-3)14-19-8-5-4-6-9-19/h4-13,24H,14-16H2,1-3H3,(H,31,34)/t24-/m0/s1. The molecule has 0 aliphatic carbocycles. The van der Waals surface area contributed by atoms with Crippen molar-refractivity contribution < 1.29 is 14.3 Å². The second-order valence-corrected chi connectivity index (χ2v) is 9.39. The summed E-state index contributed by atoms with van der Waals surface area (Å²) in [5, 5.41) is 4.16. The third-order valence-electron chi connectivity index (χ3n) is 5.68. The van der Waals surface area contributed by atoms with E-state index in [9.17, 15) is 9.59 Å². The Balaban J connectivity index is 1.93. The van der Waals surface area contributed by atoms with Crippen molar-refractivity contribution in [2.24, 2.45) is 0 Å². The summed E-state index contributed by atoms with van der Waals surface area (Å²) in [5.41, 5.74) is 3.17. The fourth-order valence-corrected chi connectivity index (χ4v) is 4.42. The zero-order valence-electron chi connectivity index (χ0n) is 19.8. The molecule has 0 saturated heterocycles. The lowest BCUT2D eigenvalue weighted by molar-refractivity contribution is -0.142. The first-order chi connectivity index (χ1) is 16.7. The molecule has 0 aromatic heterocycles. The number of likely N-dealkylation sites (N-methyl/N-ethyl adjacent to an activating group) is 1. The van der Waals surface area contributed by atoms with Gasteiger partial charge in [0.05, 0.1) is 0 Å². The normalized spacial score (nSPS) is 11.6. The van der Waals surface area contributed by atoms with Gasteiger partial charge in [0.1, 0.15) is 11.8 Å². The number of carbonyl (C=O) groups excluding carboxylic acids is 2. The quantitative estimate of drug-likeness (QED) is 0.365. The number of hydrogen-bond donors (Lipinski definition) is 1. The molecule has 184 valence electrons. The highest BCUT2D eigenvalue weighted by atomic mass is 35.5. The van der Waals surface area contributed by atoms with Crippen molar-refractivity contribution in [2.45, 2.75) is 32.9 Å². The maximum absolute atomic E-state index is 13.5. The largest absolute Gasteiger partial charge is 0.484 e. The van der Waals surface area contributed by atoms with E-state index in [1.807, 2.05) is 44.2 Å². The predicted octanol–water partition coefficient (Wildman–Crippen LogP) is 6.03. The summed E-state index contributed by atoms with van der Waals surface area (Å²) in [6.45, 7) is 3.52. The number of nitrogens with one attached hydrogen (secondary N) is 1. The Kier molecular flexibility index (Phi) is 9.44. The highest BCUT2D eigenvalue weighted by Gasteiger charge is 2.31. The molecule has 0 aliphatic heterocycles. The minimum atomic E-state index is -0.806. The second kappa shape index (κ2) is 12.3. The molecule has 3 aromatic rings. The molecule has 0 radical (unpaired) electrons. The van der Waals surface area contributed by atoms with Crippen LogP contribution in [0.3, 0.4) is 0 Å². The van der Waals surface area contributed by atoms with Gasteiger partial charge in [-0.2, -0.15) is 0 Å². The highest BCUT2D eigenvalue weighted by molar-refractivity contribution is 6.36. The fraction of sp³-hybridized carbons (Fsp3) is 0.259. The van der Waals surface area contributed by atoms with Crippen molar-refractivity contribution >= 4 is 46.6 Å². The van der Waals surface area contributed by atoms with Gasteiger partial charge in [-0.15, -0.1) is 0 Å². The summed E-state index contributed by atoms with van der Waals surface area (Å²) < 4.78 is 5.83. The van der Waals surface area contributed by atoms with Gasteiger partial charge >= 0.3 is 0 Å². The van der Waals surface area contributed by atoms with Gasteiger partial charge in [0, 0.05) is 40.6 Å². The van der Waals surface area contributed by atoms with E-state index in [2.05, 4.69) is 5.32 Å². The van der Waals surface area contributed by atoms with E-state index in [4.69, 9.17) is 39.5 Å². The number of benzene rings is 3. The molecular formula is C27H27Cl3N2O3. The van der Waals surface area contributed by atoms with Crippen molar-refractivity contribution in [3.8, 4) is 5.75 Å². The number of hydrogen-bond acceptors (Lipinski definition) is 3. The molecule has 0 saturated carbocycles. The summed E-state index contributed by atoms with van der Waals surface area (Å²) in [4.78, 5) is 28.0. The van der Waals surface area contributed by atoms with Crippen LogP contribution in [0.4, 0.5) is 0 Å². The number of rotatable bonds is 9. The molecule has 2 amide bonds. The van der Waals surface area contributed by atoms with Crippen molar-refractivity contribution in [3.63, 3.8) is 0 Å². The Hall–Kier alpha value is -2.73. The third kappa shape index (κ3) is 6.91. The highest BCUT2D eigenvalue weighted by Crippen LogP contribution is 2.28. The molecule has 0 fully saturated rings. The first kappa shape index (κ1) is 26.9. The molecule has 35 heavy (non-hydrogen) atoms. The van der Waals surface area contributed by atoms with Gasteiger partial charge in [-0.3, -0.25) is 9.59 Å². The van der Waals surface area contributed by atoms with Gasteiger partial charge in [-0.05, 0) is 54.8 Å². The number of ether oxygens (including phenoxy) is 1. The zero-order chi connectivity index (χ0) is 25.5. The monoisotopic (exact) mass is 532 g/mol. The van der Waals surface area contributed by atoms with Crippen LogP contribution in [0.5, 0.6) is 5.75 Å². The number of aryl methyl sites for hydroxylation is 2. The summed E-state index contributed by atoms with van der Waals surface area (Å²) in [7, 11) is 1.54. The predicted molar refractivity (Wildman–Crippen MR) is 141 cm³/mol. The van der Waals surface area contributed by atoms with Crippen molar-refractivity contribution in [1.29, 1.82) is 0 Å². The van der Waals surface area contributed by atoms with E-state index < -0.39 is 6.04 Å². The van der Waals surface area contributed by atoms with Crippen LogP contribution in [0, 0.1) is 13.8 Å². The number of nitrogens with zero attached hydrogens (tertiary/aromatic N) is 1. The minimum Gasteiger partial charge on any atom is -0.484 e. The van der Waals surface area contributed by atoms with Crippen LogP contribution in [0.2, 0.25) is 15.1 Å². The first-order valence-corrected chi connectivity index (χ1v) is 12.2. The SMILES string of the molecule is CNC(=O)[C@H](Cc1ccccc1)N(Cc1c(Cl)cccc1Cl)C(=O)COc1cc(C)c(Cl)c(C)c1. The molecule has 0 bridgehead atoms. The number of carbonyl (C=O) groups is 2. The van der Waals surface area contributed by atoms with Gasteiger partial charge < -0.3 is 15.0 Å². The second-order valence-electron chi connectivity index (χ2n) is 8.20. The Morgan fingerprint density at radius 1 is 0.943 bits per heavy atom. The third-order valence-corrected chi connectivity index (χ3v) is 6.98. The Morgan fingerprint density at radius 3 is 2.11 bits per heavy atom. The Morgan fingerprint density at radius 2 is 1.54 bits per heavy atom. The van der Waals surface area contributed by atoms with Crippen LogP contribution in [0.1, 0.15) is 22.3 Å². The van der Waals surface area contributed by atoms with Gasteiger partial charge in [-0.25, -0.2) is 0 Å². The molecule has 3 aromatic carbocycles. The van der Waals surface area contributed by atoms with Crippen LogP contribution in [0.25, 0.3) is 0 Å². The zero-order valence-corrected chi connectivity index (χ0v) is 22.0. The van der Waals surface area contributed by atoms with E-state index in [1.165, 1.54) is 4.90 Å².